The molecule has 2 aromatic heterocycles. The van der Waals surface area contributed by atoms with Gasteiger partial charge in [-0.05, 0) is 22.9 Å². The van der Waals surface area contributed by atoms with Gasteiger partial charge in [-0.25, -0.2) is 4.39 Å². The second kappa shape index (κ2) is 6.18. The van der Waals surface area contributed by atoms with E-state index in [0.717, 1.165) is 11.6 Å². The van der Waals surface area contributed by atoms with Gasteiger partial charge >= 0.3 is 0 Å². The highest BCUT2D eigenvalue weighted by Gasteiger charge is 2.15. The van der Waals surface area contributed by atoms with Gasteiger partial charge in [0.1, 0.15) is 11.5 Å². The molecule has 0 fully saturated rings. The molecule has 8 nitrogen and oxygen atoms in total. The number of benzene rings is 1. The molecule has 9 heteroatoms. The van der Waals surface area contributed by atoms with E-state index in [-0.39, 0.29) is 17.3 Å². The van der Waals surface area contributed by atoms with Crippen molar-refractivity contribution < 1.29 is 14.3 Å². The van der Waals surface area contributed by atoms with Crippen LogP contribution in [0.3, 0.4) is 0 Å². The van der Waals surface area contributed by atoms with E-state index in [4.69, 9.17) is 0 Å². The molecule has 23 heavy (non-hydrogen) atoms. The van der Waals surface area contributed by atoms with Gasteiger partial charge in [0.15, 0.2) is 5.76 Å². The number of hydrogen-bond acceptors (Lipinski definition) is 6. The Labute approximate surface area is 129 Å². The number of tetrazole rings is 1. The lowest BCUT2D eigenvalue weighted by atomic mass is 10.0. The highest BCUT2D eigenvalue weighted by atomic mass is 19.1. The number of carbonyl (C=O) groups excluding carboxylic acids is 1. The van der Waals surface area contributed by atoms with Crippen molar-refractivity contribution in [3.8, 4) is 0 Å². The second-order valence-electron chi connectivity index (χ2n) is 4.70. The molecule has 0 saturated heterocycles. The van der Waals surface area contributed by atoms with Crippen molar-refractivity contribution in [3.63, 3.8) is 0 Å². The van der Waals surface area contributed by atoms with E-state index in [0.29, 0.717) is 12.0 Å². The number of aliphatic hydroxyl groups is 1. The van der Waals surface area contributed by atoms with Crippen molar-refractivity contribution >= 4 is 11.5 Å². The summed E-state index contributed by atoms with van der Waals surface area (Å²) in [6.07, 6.45) is 2.89. The lowest BCUT2D eigenvalue weighted by molar-refractivity contribution is 0.104. The van der Waals surface area contributed by atoms with E-state index in [1.807, 2.05) is 0 Å². The van der Waals surface area contributed by atoms with Crippen LogP contribution in [-0.2, 0) is 6.42 Å². The monoisotopic (exact) mass is 314 g/mol. The standard InChI is InChI=1S/C14H11FN6O2/c15-10-3-1-8(2-4-10)5-9-7-16-17-13(9)11(22)6-12(23)14-18-20-21-19-14/h1-4,6-7,23H,5H2,(H,16,17)(H,18,19,20,21). The van der Waals surface area contributed by atoms with E-state index in [1.165, 1.54) is 18.3 Å². The van der Waals surface area contributed by atoms with Gasteiger partial charge in [0.2, 0.25) is 11.6 Å². The Kier molecular flexibility index (Phi) is 3.91. The number of H-pyrrole nitrogens is 2. The van der Waals surface area contributed by atoms with Crippen molar-refractivity contribution in [2.24, 2.45) is 0 Å². The molecule has 0 amide bonds. The zero-order valence-corrected chi connectivity index (χ0v) is 11.7. The van der Waals surface area contributed by atoms with E-state index in [2.05, 4.69) is 30.8 Å². The Morgan fingerprint density at radius 3 is 2.78 bits per heavy atom. The minimum atomic E-state index is -0.484. The van der Waals surface area contributed by atoms with Gasteiger partial charge in [0.25, 0.3) is 0 Å². The molecule has 0 bridgehead atoms. The number of rotatable bonds is 5. The molecule has 3 aromatic rings. The number of allylic oxidation sites excluding steroid dienone is 1. The summed E-state index contributed by atoms with van der Waals surface area (Å²) in [5.74, 6) is -1.31. The number of hydrogen-bond donors (Lipinski definition) is 3. The minimum Gasteiger partial charge on any atom is -0.504 e. The molecule has 2 heterocycles. The van der Waals surface area contributed by atoms with Crippen LogP contribution in [0.1, 0.15) is 27.4 Å². The van der Waals surface area contributed by atoms with Crippen LogP contribution in [0.25, 0.3) is 5.76 Å². The molecule has 0 aliphatic carbocycles. The molecule has 1 aromatic carbocycles. The Morgan fingerprint density at radius 1 is 1.30 bits per heavy atom. The van der Waals surface area contributed by atoms with Crippen molar-refractivity contribution in [3.05, 3.63) is 65.0 Å². The maximum Gasteiger partial charge on any atom is 0.239 e. The molecule has 3 N–H and O–H groups in total. The largest absolute Gasteiger partial charge is 0.504 e. The van der Waals surface area contributed by atoms with Gasteiger partial charge in [-0.2, -0.15) is 10.3 Å². The van der Waals surface area contributed by atoms with Gasteiger partial charge in [-0.1, -0.05) is 12.1 Å². The van der Waals surface area contributed by atoms with E-state index < -0.39 is 11.5 Å². The summed E-state index contributed by atoms with van der Waals surface area (Å²) in [5.41, 5.74) is 1.68. The van der Waals surface area contributed by atoms with E-state index >= 15 is 0 Å². The Bertz CT molecular complexity index is 839. The number of nitrogens with one attached hydrogen (secondary N) is 2. The molecule has 0 spiro atoms. The van der Waals surface area contributed by atoms with Crippen molar-refractivity contribution in [2.75, 3.05) is 0 Å². The second-order valence-corrected chi connectivity index (χ2v) is 4.70. The first kappa shape index (κ1) is 14.6. The van der Waals surface area contributed by atoms with Gasteiger partial charge in [0.05, 0.1) is 6.20 Å². The van der Waals surface area contributed by atoms with Crippen LogP contribution >= 0.6 is 0 Å². The van der Waals surface area contributed by atoms with Gasteiger partial charge in [-0.3, -0.25) is 9.89 Å². The van der Waals surface area contributed by atoms with Crippen LogP contribution in [0.15, 0.2) is 36.5 Å². The Hall–Kier alpha value is -3.36. The van der Waals surface area contributed by atoms with E-state index in [9.17, 15) is 14.3 Å². The fourth-order valence-corrected chi connectivity index (χ4v) is 2.01. The smallest absolute Gasteiger partial charge is 0.239 e. The van der Waals surface area contributed by atoms with E-state index in [1.54, 1.807) is 12.1 Å². The predicted octanol–water partition coefficient (Wildman–Crippen LogP) is 1.43. The number of ketones is 1. The Balaban J connectivity index is 1.81. The molecular weight excluding hydrogens is 303 g/mol. The number of aromatic amines is 2. The fourth-order valence-electron chi connectivity index (χ4n) is 2.01. The van der Waals surface area contributed by atoms with Gasteiger partial charge in [-0.15, -0.1) is 10.2 Å². The van der Waals surface area contributed by atoms with Crippen molar-refractivity contribution in [2.45, 2.75) is 6.42 Å². The molecule has 0 atom stereocenters. The molecule has 3 rings (SSSR count). The van der Waals surface area contributed by atoms with Crippen LogP contribution in [0.5, 0.6) is 0 Å². The number of aliphatic hydroxyl groups excluding tert-OH is 1. The fraction of sp³-hybridized carbons (Fsp3) is 0.0714. The predicted molar refractivity (Wildman–Crippen MR) is 76.9 cm³/mol. The van der Waals surface area contributed by atoms with Crippen LogP contribution in [0.2, 0.25) is 0 Å². The minimum absolute atomic E-state index is 0.0852. The zero-order chi connectivity index (χ0) is 16.2. The summed E-state index contributed by atoms with van der Waals surface area (Å²) < 4.78 is 12.9. The Morgan fingerprint density at radius 2 is 2.09 bits per heavy atom. The molecular formula is C14H11FN6O2. The van der Waals surface area contributed by atoms with Crippen LogP contribution in [0.4, 0.5) is 4.39 Å². The van der Waals surface area contributed by atoms with Crippen LogP contribution in [-0.4, -0.2) is 41.7 Å². The third-order valence-electron chi connectivity index (χ3n) is 3.11. The molecule has 0 aliphatic rings. The first-order chi connectivity index (χ1) is 11.1. The SMILES string of the molecule is O=C(C=C(O)c1nn[nH]n1)c1[nH]ncc1Cc1ccc(F)cc1. The van der Waals surface area contributed by atoms with Gasteiger partial charge < -0.3 is 5.11 Å². The summed E-state index contributed by atoms with van der Waals surface area (Å²) in [5, 5.41) is 28.8. The summed E-state index contributed by atoms with van der Waals surface area (Å²) in [6, 6.07) is 5.95. The number of carbonyl (C=O) groups is 1. The highest BCUT2D eigenvalue weighted by Crippen LogP contribution is 2.15. The summed E-state index contributed by atoms with van der Waals surface area (Å²) in [6.45, 7) is 0. The molecule has 0 radical (unpaired) electrons. The van der Waals surface area contributed by atoms with Crippen LogP contribution in [0, 0.1) is 5.82 Å². The van der Waals surface area contributed by atoms with Crippen LogP contribution < -0.4 is 0 Å². The maximum absolute atomic E-state index is 12.9. The first-order valence-electron chi connectivity index (χ1n) is 6.59. The molecule has 0 unspecified atom stereocenters. The normalized spacial score (nSPS) is 11.6. The number of aromatic nitrogens is 6. The number of nitrogens with zero attached hydrogens (tertiary/aromatic N) is 4. The van der Waals surface area contributed by atoms with Crippen molar-refractivity contribution in [1.29, 1.82) is 0 Å². The third kappa shape index (κ3) is 3.28. The highest BCUT2D eigenvalue weighted by molar-refractivity contribution is 6.07. The van der Waals surface area contributed by atoms with Crippen molar-refractivity contribution in [1.82, 2.24) is 30.8 Å². The maximum atomic E-state index is 12.9. The summed E-state index contributed by atoms with van der Waals surface area (Å²) >= 11 is 0. The number of halogens is 1. The average molecular weight is 314 g/mol. The average Bonchev–Trinajstić information content (AvgIpc) is 3.20. The summed E-state index contributed by atoms with van der Waals surface area (Å²) in [4.78, 5) is 12.2. The lowest BCUT2D eigenvalue weighted by Crippen LogP contribution is -2.02. The molecule has 0 aliphatic heterocycles. The summed E-state index contributed by atoms with van der Waals surface area (Å²) in [7, 11) is 0. The lowest BCUT2D eigenvalue weighted by Gasteiger charge is -2.01. The molecule has 116 valence electrons. The third-order valence-corrected chi connectivity index (χ3v) is 3.11. The first-order valence-corrected chi connectivity index (χ1v) is 6.59. The molecule has 0 saturated carbocycles. The zero-order valence-electron chi connectivity index (χ0n) is 11.7. The topological polar surface area (TPSA) is 120 Å². The van der Waals surface area contributed by atoms with Gasteiger partial charge in [0, 0.05) is 18.1 Å². The quantitative estimate of drug-likeness (QED) is 0.372.